The number of likely N-dealkylation sites (tertiary alicyclic amines) is 1. The van der Waals surface area contributed by atoms with Crippen LogP contribution < -0.4 is 15.8 Å². The number of carbonyl (C=O) groups is 2. The van der Waals surface area contributed by atoms with Crippen molar-refractivity contribution in [1.82, 2.24) is 4.90 Å². The van der Waals surface area contributed by atoms with Gasteiger partial charge in [0.15, 0.2) is 17.4 Å². The molecule has 0 aromatic heterocycles. The highest BCUT2D eigenvalue weighted by Crippen LogP contribution is 2.27. The van der Waals surface area contributed by atoms with Crippen molar-refractivity contribution in [2.75, 3.05) is 18.4 Å². The maximum absolute atomic E-state index is 13.8. The van der Waals surface area contributed by atoms with Gasteiger partial charge in [0.1, 0.15) is 0 Å². The highest BCUT2D eigenvalue weighted by molar-refractivity contribution is 5.90. The molecule has 6 nitrogen and oxygen atoms in total. The summed E-state index contributed by atoms with van der Waals surface area (Å²) in [5.74, 6) is -4.40. The zero-order valence-electron chi connectivity index (χ0n) is 12.4. The molecule has 1 atom stereocenters. The van der Waals surface area contributed by atoms with Gasteiger partial charge < -0.3 is 20.7 Å². The van der Waals surface area contributed by atoms with E-state index in [0.717, 1.165) is 0 Å². The first-order valence-electron chi connectivity index (χ1n) is 7.07. The number of nitrogens with zero attached hydrogens (tertiary/aromatic N) is 1. The molecular weight excluding hydrogens is 334 g/mol. The molecule has 10 heteroatoms. The second-order valence-corrected chi connectivity index (χ2v) is 5.26. The molecule has 1 aromatic carbocycles. The van der Waals surface area contributed by atoms with Crippen molar-refractivity contribution < 1.29 is 31.9 Å². The number of anilines is 1. The summed E-state index contributed by atoms with van der Waals surface area (Å²) in [6.07, 6.45) is 1.08. The number of hydrogen-bond donors (Lipinski definition) is 2. The lowest BCUT2D eigenvalue weighted by molar-refractivity contribution is -0.123. The van der Waals surface area contributed by atoms with E-state index in [1.807, 2.05) is 0 Å². The van der Waals surface area contributed by atoms with Crippen LogP contribution in [0.5, 0.6) is 5.75 Å². The first-order chi connectivity index (χ1) is 11.3. The highest BCUT2D eigenvalue weighted by atomic mass is 19.3. The zero-order chi connectivity index (χ0) is 17.9. The van der Waals surface area contributed by atoms with Gasteiger partial charge in [-0.2, -0.15) is 8.78 Å². The van der Waals surface area contributed by atoms with E-state index >= 15 is 0 Å². The summed E-state index contributed by atoms with van der Waals surface area (Å²) in [7, 11) is 0. The number of primary amides is 1. The van der Waals surface area contributed by atoms with Gasteiger partial charge in [-0.1, -0.05) is 0 Å². The van der Waals surface area contributed by atoms with E-state index in [1.54, 1.807) is 0 Å². The van der Waals surface area contributed by atoms with E-state index in [9.17, 15) is 27.2 Å². The van der Waals surface area contributed by atoms with Crippen LogP contribution in [0.3, 0.4) is 0 Å². The van der Waals surface area contributed by atoms with E-state index in [1.165, 1.54) is 4.90 Å². The number of amides is 3. The Morgan fingerprint density at radius 1 is 1.29 bits per heavy atom. The van der Waals surface area contributed by atoms with Crippen molar-refractivity contribution in [2.24, 2.45) is 11.7 Å². The largest absolute Gasteiger partial charge is 0.432 e. The van der Waals surface area contributed by atoms with Crippen LogP contribution in [0.15, 0.2) is 12.1 Å². The first kappa shape index (κ1) is 17.8. The lowest BCUT2D eigenvalue weighted by Gasteiger charge is -2.31. The number of alkyl halides is 2. The molecule has 1 saturated heterocycles. The summed E-state index contributed by atoms with van der Waals surface area (Å²) in [5, 5.41) is 2.14. The molecule has 1 unspecified atom stereocenters. The lowest BCUT2D eigenvalue weighted by Crippen LogP contribution is -2.45. The Labute approximate surface area is 134 Å². The smallest absolute Gasteiger partial charge is 0.387 e. The first-order valence-corrected chi connectivity index (χ1v) is 7.07. The van der Waals surface area contributed by atoms with Crippen LogP contribution in [0.2, 0.25) is 0 Å². The van der Waals surface area contributed by atoms with Crippen molar-refractivity contribution >= 4 is 17.6 Å². The molecule has 3 N–H and O–H groups in total. The third kappa shape index (κ3) is 4.27. The molecule has 1 aliphatic heterocycles. The Morgan fingerprint density at radius 3 is 2.62 bits per heavy atom. The molecule has 0 saturated carbocycles. The molecule has 0 aliphatic carbocycles. The average Bonchev–Trinajstić information content (AvgIpc) is 2.51. The Morgan fingerprint density at radius 2 is 2.00 bits per heavy atom. The number of hydrogen-bond acceptors (Lipinski definition) is 3. The Hall–Kier alpha value is -2.52. The van der Waals surface area contributed by atoms with Crippen molar-refractivity contribution in [3.05, 3.63) is 23.8 Å². The minimum absolute atomic E-state index is 0.0673. The zero-order valence-corrected chi connectivity index (χ0v) is 12.4. The fourth-order valence-electron chi connectivity index (χ4n) is 2.40. The number of ether oxygens (including phenoxy) is 1. The molecule has 1 fully saturated rings. The standard InChI is InChI=1S/C14H15F4N3O3/c15-8-5-11(24-13(17)18)9(16)4-10(8)20-14(23)21-3-1-2-7(6-21)12(19)22/h4-5,7,13H,1-3,6H2,(H2,19,22)(H,20,23). The number of halogens is 4. The predicted octanol–water partition coefficient (Wildman–Crippen LogP) is 2.30. The minimum atomic E-state index is -3.31. The Bertz CT molecular complexity index is 642. The fraction of sp³-hybridized carbons (Fsp3) is 0.429. The van der Waals surface area contributed by atoms with E-state index in [-0.39, 0.29) is 6.54 Å². The normalized spacial score (nSPS) is 17.7. The van der Waals surface area contributed by atoms with Crippen LogP contribution in [0.1, 0.15) is 12.8 Å². The van der Waals surface area contributed by atoms with Crippen LogP contribution in [0.4, 0.5) is 28.0 Å². The summed E-state index contributed by atoms with van der Waals surface area (Å²) < 4.78 is 55.4. The third-order valence-corrected chi connectivity index (χ3v) is 3.59. The Kier molecular flexibility index (Phi) is 5.47. The maximum atomic E-state index is 13.8. The monoisotopic (exact) mass is 349 g/mol. The van der Waals surface area contributed by atoms with Crippen LogP contribution in [0.25, 0.3) is 0 Å². The summed E-state index contributed by atoms with van der Waals surface area (Å²) in [6, 6.07) is 0.210. The van der Waals surface area contributed by atoms with Crippen LogP contribution >= 0.6 is 0 Å². The molecule has 1 aliphatic rings. The molecule has 0 spiro atoms. The van der Waals surface area contributed by atoms with Gasteiger partial charge in [-0.05, 0) is 12.8 Å². The number of piperidine rings is 1. The number of rotatable bonds is 4. The van der Waals surface area contributed by atoms with Crippen molar-refractivity contribution in [1.29, 1.82) is 0 Å². The second kappa shape index (κ2) is 7.37. The van der Waals surface area contributed by atoms with Gasteiger partial charge in [-0.15, -0.1) is 0 Å². The molecule has 1 aromatic rings. The van der Waals surface area contributed by atoms with Gasteiger partial charge in [0.2, 0.25) is 5.91 Å². The number of nitrogens with two attached hydrogens (primary N) is 1. The van der Waals surface area contributed by atoms with E-state index < -0.39 is 47.5 Å². The highest BCUT2D eigenvalue weighted by Gasteiger charge is 2.27. The van der Waals surface area contributed by atoms with Crippen LogP contribution in [-0.2, 0) is 4.79 Å². The molecule has 24 heavy (non-hydrogen) atoms. The SMILES string of the molecule is NC(=O)C1CCCN(C(=O)Nc2cc(F)c(OC(F)F)cc2F)C1. The van der Waals surface area contributed by atoms with Crippen molar-refractivity contribution in [2.45, 2.75) is 19.5 Å². The number of urea groups is 1. The summed E-state index contributed by atoms with van der Waals surface area (Å²) in [4.78, 5) is 24.5. The summed E-state index contributed by atoms with van der Waals surface area (Å²) in [5.41, 5.74) is 4.67. The average molecular weight is 349 g/mol. The van der Waals surface area contributed by atoms with E-state index in [0.29, 0.717) is 31.5 Å². The molecule has 1 heterocycles. The van der Waals surface area contributed by atoms with Crippen molar-refractivity contribution in [3.8, 4) is 5.75 Å². The van der Waals surface area contributed by atoms with Crippen molar-refractivity contribution in [3.63, 3.8) is 0 Å². The number of nitrogens with one attached hydrogen (secondary N) is 1. The number of benzene rings is 1. The van der Waals surface area contributed by atoms with E-state index in [2.05, 4.69) is 10.1 Å². The second-order valence-electron chi connectivity index (χ2n) is 5.26. The summed E-state index contributed by atoms with van der Waals surface area (Å²) in [6.45, 7) is -2.91. The predicted molar refractivity (Wildman–Crippen MR) is 75.5 cm³/mol. The molecule has 0 radical (unpaired) electrons. The van der Waals surface area contributed by atoms with Gasteiger partial charge in [0.05, 0.1) is 11.6 Å². The molecule has 3 amide bonds. The number of carbonyl (C=O) groups excluding carboxylic acids is 2. The van der Waals surface area contributed by atoms with Gasteiger partial charge >= 0.3 is 12.6 Å². The topological polar surface area (TPSA) is 84.7 Å². The summed E-state index contributed by atoms with van der Waals surface area (Å²) >= 11 is 0. The fourth-order valence-corrected chi connectivity index (χ4v) is 2.40. The quantitative estimate of drug-likeness (QED) is 0.818. The Balaban J connectivity index is 2.08. The van der Waals surface area contributed by atoms with E-state index in [4.69, 9.17) is 5.73 Å². The van der Waals surface area contributed by atoms with Gasteiger partial charge in [0.25, 0.3) is 0 Å². The molecule has 0 bridgehead atoms. The molecular formula is C14H15F4N3O3. The molecule has 2 rings (SSSR count). The van der Waals surface area contributed by atoms with Crippen LogP contribution in [-0.4, -0.2) is 36.5 Å². The van der Waals surface area contributed by atoms with Crippen LogP contribution in [0, 0.1) is 17.6 Å². The van der Waals surface area contributed by atoms with Gasteiger partial charge in [-0.25, -0.2) is 13.6 Å². The third-order valence-electron chi connectivity index (χ3n) is 3.59. The maximum Gasteiger partial charge on any atom is 0.387 e. The lowest BCUT2D eigenvalue weighted by atomic mass is 9.98. The van der Waals surface area contributed by atoms with Gasteiger partial charge in [-0.3, -0.25) is 4.79 Å². The van der Waals surface area contributed by atoms with Gasteiger partial charge in [0, 0.05) is 25.2 Å². The minimum Gasteiger partial charge on any atom is -0.432 e. The molecule has 132 valence electrons.